The predicted molar refractivity (Wildman–Crippen MR) is 76.0 cm³/mol. The summed E-state index contributed by atoms with van der Waals surface area (Å²) in [4.78, 5) is 0. The summed E-state index contributed by atoms with van der Waals surface area (Å²) in [5.41, 5.74) is 9.95. The van der Waals surface area contributed by atoms with Crippen LogP contribution in [-0.2, 0) is 0 Å². The zero-order valence-electron chi connectivity index (χ0n) is 10.4. The molecule has 1 atom stereocenters. The fourth-order valence-electron chi connectivity index (χ4n) is 1.90. The second-order valence-corrected chi connectivity index (χ2v) is 5.32. The first-order valence-electron chi connectivity index (χ1n) is 5.77. The molecule has 0 fully saturated rings. The van der Waals surface area contributed by atoms with Crippen LogP contribution in [0.25, 0.3) is 0 Å². The molecule has 0 radical (unpaired) electrons. The maximum absolute atomic E-state index is 14.0. The van der Waals surface area contributed by atoms with Crippen LogP contribution in [0.2, 0.25) is 0 Å². The fourth-order valence-corrected chi connectivity index (χ4v) is 2.28. The first kappa shape index (κ1) is 13.2. The van der Waals surface area contributed by atoms with Crippen LogP contribution in [-0.4, -0.2) is 0 Å². The third-order valence-electron chi connectivity index (χ3n) is 3.21. The van der Waals surface area contributed by atoms with Crippen molar-refractivity contribution in [3.8, 4) is 0 Å². The minimum absolute atomic E-state index is 0.289. The Kier molecular flexibility index (Phi) is 3.83. The molecule has 2 rings (SSSR count). The summed E-state index contributed by atoms with van der Waals surface area (Å²) in [5.74, 6) is -0.289. The van der Waals surface area contributed by atoms with Gasteiger partial charge in [-0.15, -0.1) is 0 Å². The second-order valence-electron chi connectivity index (χ2n) is 4.46. The van der Waals surface area contributed by atoms with Gasteiger partial charge in [0, 0.05) is 5.56 Å². The van der Waals surface area contributed by atoms with E-state index in [0.717, 1.165) is 5.56 Å². The Balaban J connectivity index is 2.44. The van der Waals surface area contributed by atoms with E-state index in [9.17, 15) is 4.39 Å². The molecule has 0 bridgehead atoms. The van der Waals surface area contributed by atoms with Crippen molar-refractivity contribution < 1.29 is 4.39 Å². The summed E-state index contributed by atoms with van der Waals surface area (Å²) in [5, 5.41) is 0. The first-order chi connectivity index (χ1) is 8.50. The second kappa shape index (κ2) is 5.21. The highest BCUT2D eigenvalue weighted by Gasteiger charge is 2.15. The molecule has 2 aromatic carbocycles. The Morgan fingerprint density at radius 2 is 1.83 bits per heavy atom. The molecule has 94 valence electrons. The van der Waals surface area contributed by atoms with Gasteiger partial charge in [-0.2, -0.15) is 0 Å². The van der Waals surface area contributed by atoms with Crippen LogP contribution in [0, 0.1) is 19.7 Å². The van der Waals surface area contributed by atoms with Gasteiger partial charge in [0.05, 0.1) is 10.5 Å². The molecule has 0 aromatic heterocycles. The van der Waals surface area contributed by atoms with Gasteiger partial charge < -0.3 is 5.73 Å². The Morgan fingerprint density at radius 3 is 2.50 bits per heavy atom. The average Bonchev–Trinajstić information content (AvgIpc) is 2.35. The van der Waals surface area contributed by atoms with Crippen LogP contribution in [0.1, 0.15) is 28.3 Å². The van der Waals surface area contributed by atoms with E-state index in [4.69, 9.17) is 5.73 Å². The van der Waals surface area contributed by atoms with Crippen molar-refractivity contribution in [2.24, 2.45) is 5.73 Å². The lowest BCUT2D eigenvalue weighted by atomic mass is 9.96. The number of hydrogen-bond donors (Lipinski definition) is 1. The van der Waals surface area contributed by atoms with E-state index >= 15 is 0 Å². The summed E-state index contributed by atoms with van der Waals surface area (Å²) in [7, 11) is 0. The van der Waals surface area contributed by atoms with E-state index in [1.807, 2.05) is 32.0 Å². The first-order valence-corrected chi connectivity index (χ1v) is 6.56. The maximum atomic E-state index is 14.0. The van der Waals surface area contributed by atoms with E-state index in [1.165, 1.54) is 11.1 Å². The molecule has 0 saturated heterocycles. The number of benzene rings is 2. The van der Waals surface area contributed by atoms with Gasteiger partial charge in [-0.3, -0.25) is 0 Å². The summed E-state index contributed by atoms with van der Waals surface area (Å²) in [6.45, 7) is 4.08. The fraction of sp³-hybridized carbons (Fsp3) is 0.200. The molecule has 0 aliphatic heterocycles. The van der Waals surface area contributed by atoms with Crippen LogP contribution in [0.15, 0.2) is 40.9 Å². The third-order valence-corrected chi connectivity index (χ3v) is 3.82. The molecular formula is C15H15BrFN. The lowest BCUT2D eigenvalue weighted by Crippen LogP contribution is -2.14. The Hall–Kier alpha value is -1.19. The van der Waals surface area contributed by atoms with Gasteiger partial charge in [0.1, 0.15) is 5.82 Å². The Bertz CT molecular complexity index is 581. The summed E-state index contributed by atoms with van der Waals surface area (Å²) in [6.07, 6.45) is 0. The summed E-state index contributed by atoms with van der Waals surface area (Å²) < 4.78 is 14.4. The SMILES string of the molecule is Cc1ccc(C(N)c2cccc(Br)c2F)cc1C. The topological polar surface area (TPSA) is 26.0 Å². The van der Waals surface area contributed by atoms with Gasteiger partial charge in [0.2, 0.25) is 0 Å². The number of nitrogens with two attached hydrogens (primary N) is 1. The minimum atomic E-state index is -0.443. The summed E-state index contributed by atoms with van der Waals surface area (Å²) >= 11 is 3.18. The van der Waals surface area contributed by atoms with Gasteiger partial charge in [0.25, 0.3) is 0 Å². The van der Waals surface area contributed by atoms with Crippen LogP contribution < -0.4 is 5.73 Å². The van der Waals surface area contributed by atoms with Crippen LogP contribution in [0.3, 0.4) is 0 Å². The normalized spacial score (nSPS) is 12.5. The number of rotatable bonds is 2. The zero-order chi connectivity index (χ0) is 13.3. The van der Waals surface area contributed by atoms with Crippen molar-refractivity contribution in [3.05, 3.63) is 68.9 Å². The number of aryl methyl sites for hydroxylation is 2. The molecule has 3 heteroatoms. The molecule has 2 aromatic rings. The van der Waals surface area contributed by atoms with E-state index in [-0.39, 0.29) is 5.82 Å². The van der Waals surface area contributed by atoms with Gasteiger partial charge >= 0.3 is 0 Å². The maximum Gasteiger partial charge on any atom is 0.142 e. The van der Waals surface area contributed by atoms with E-state index < -0.39 is 6.04 Å². The molecule has 0 saturated carbocycles. The van der Waals surface area contributed by atoms with E-state index in [0.29, 0.717) is 10.0 Å². The average molecular weight is 308 g/mol. The van der Waals surface area contributed by atoms with Crippen LogP contribution >= 0.6 is 15.9 Å². The molecule has 0 aliphatic carbocycles. The molecular weight excluding hydrogens is 293 g/mol. The molecule has 18 heavy (non-hydrogen) atoms. The Labute approximate surface area is 115 Å². The zero-order valence-corrected chi connectivity index (χ0v) is 12.0. The molecule has 0 spiro atoms. The number of halogens is 2. The molecule has 1 nitrogen and oxygen atoms in total. The molecule has 0 amide bonds. The van der Waals surface area contributed by atoms with E-state index in [2.05, 4.69) is 15.9 Å². The molecule has 2 N–H and O–H groups in total. The standard InChI is InChI=1S/C15H15BrFN/c1-9-6-7-11(8-10(9)2)15(18)12-4-3-5-13(16)14(12)17/h3-8,15H,18H2,1-2H3. The smallest absolute Gasteiger partial charge is 0.142 e. The van der Waals surface area contributed by atoms with Crippen LogP contribution in [0.5, 0.6) is 0 Å². The largest absolute Gasteiger partial charge is 0.320 e. The minimum Gasteiger partial charge on any atom is -0.320 e. The monoisotopic (exact) mass is 307 g/mol. The van der Waals surface area contributed by atoms with Crippen molar-refractivity contribution in [1.29, 1.82) is 0 Å². The van der Waals surface area contributed by atoms with Crippen LogP contribution in [0.4, 0.5) is 4.39 Å². The highest BCUT2D eigenvalue weighted by Crippen LogP contribution is 2.27. The van der Waals surface area contributed by atoms with Gasteiger partial charge in [0.15, 0.2) is 0 Å². The third kappa shape index (κ3) is 2.47. The van der Waals surface area contributed by atoms with Crippen molar-refractivity contribution in [3.63, 3.8) is 0 Å². The highest BCUT2D eigenvalue weighted by molar-refractivity contribution is 9.10. The van der Waals surface area contributed by atoms with Gasteiger partial charge in [-0.1, -0.05) is 30.3 Å². The lowest BCUT2D eigenvalue weighted by molar-refractivity contribution is 0.593. The van der Waals surface area contributed by atoms with Crippen molar-refractivity contribution in [1.82, 2.24) is 0 Å². The lowest BCUT2D eigenvalue weighted by Gasteiger charge is -2.15. The Morgan fingerprint density at radius 1 is 1.11 bits per heavy atom. The van der Waals surface area contributed by atoms with E-state index in [1.54, 1.807) is 18.2 Å². The quantitative estimate of drug-likeness (QED) is 0.881. The van der Waals surface area contributed by atoms with Crippen molar-refractivity contribution in [2.75, 3.05) is 0 Å². The summed E-state index contributed by atoms with van der Waals surface area (Å²) in [6, 6.07) is 10.7. The van der Waals surface area contributed by atoms with Crippen molar-refractivity contribution in [2.45, 2.75) is 19.9 Å². The van der Waals surface area contributed by atoms with Gasteiger partial charge in [-0.25, -0.2) is 4.39 Å². The van der Waals surface area contributed by atoms with Crippen molar-refractivity contribution >= 4 is 15.9 Å². The molecule has 0 aliphatic rings. The molecule has 1 unspecified atom stereocenters. The molecule has 0 heterocycles. The predicted octanol–water partition coefficient (Wildman–Crippen LogP) is 4.25. The highest BCUT2D eigenvalue weighted by atomic mass is 79.9. The van der Waals surface area contributed by atoms with Gasteiger partial charge in [-0.05, 0) is 52.5 Å². The number of hydrogen-bond acceptors (Lipinski definition) is 1.